The molecule has 1 aromatic heterocycles. The molecule has 0 N–H and O–H groups in total. The van der Waals surface area contributed by atoms with Crippen LogP contribution in [0.25, 0.3) is 0 Å². The van der Waals surface area contributed by atoms with Crippen LogP contribution in [0.4, 0.5) is 0 Å². The topological polar surface area (TPSA) is 59.4 Å². The second-order valence-corrected chi connectivity index (χ2v) is 8.86. The SMILES string of the molecule is CCN(C(=O)c1ccn(C(C)(C)C)c1)C1CCS(=O)(=O)C1. The summed E-state index contributed by atoms with van der Waals surface area (Å²) in [6.45, 7) is 8.64. The van der Waals surface area contributed by atoms with Gasteiger partial charge in [-0.3, -0.25) is 4.79 Å². The summed E-state index contributed by atoms with van der Waals surface area (Å²) >= 11 is 0. The van der Waals surface area contributed by atoms with Crippen LogP contribution in [0.2, 0.25) is 0 Å². The molecule has 6 heteroatoms. The maximum atomic E-state index is 12.6. The third kappa shape index (κ3) is 3.48. The normalized spacial score (nSPS) is 21.4. The first kappa shape index (κ1) is 16.1. The van der Waals surface area contributed by atoms with Crippen molar-refractivity contribution in [3.8, 4) is 0 Å². The molecule has 0 bridgehead atoms. The van der Waals surface area contributed by atoms with E-state index in [0.29, 0.717) is 18.5 Å². The summed E-state index contributed by atoms with van der Waals surface area (Å²) in [4.78, 5) is 14.3. The van der Waals surface area contributed by atoms with E-state index in [4.69, 9.17) is 0 Å². The molecular formula is C15H24N2O3S. The highest BCUT2D eigenvalue weighted by Crippen LogP contribution is 2.21. The van der Waals surface area contributed by atoms with Gasteiger partial charge in [0, 0.05) is 30.5 Å². The first-order chi connectivity index (χ1) is 9.64. The van der Waals surface area contributed by atoms with E-state index in [1.54, 1.807) is 11.0 Å². The number of amides is 1. The zero-order valence-corrected chi connectivity index (χ0v) is 14.0. The average Bonchev–Trinajstić information content (AvgIpc) is 2.96. The maximum absolute atomic E-state index is 12.6. The molecule has 0 spiro atoms. The Labute approximate surface area is 126 Å². The first-order valence-corrected chi connectivity index (χ1v) is 9.16. The Morgan fingerprint density at radius 2 is 2.10 bits per heavy atom. The predicted octanol–water partition coefficient (Wildman–Crippen LogP) is 1.89. The minimum Gasteiger partial charge on any atom is -0.348 e. The van der Waals surface area contributed by atoms with E-state index in [1.807, 2.05) is 23.9 Å². The minimum atomic E-state index is -2.98. The number of hydrogen-bond acceptors (Lipinski definition) is 3. The van der Waals surface area contributed by atoms with Crippen LogP contribution < -0.4 is 0 Å². The van der Waals surface area contributed by atoms with E-state index in [9.17, 15) is 13.2 Å². The quantitative estimate of drug-likeness (QED) is 0.856. The Kier molecular flexibility index (Phi) is 4.19. The van der Waals surface area contributed by atoms with Gasteiger partial charge in [-0.15, -0.1) is 0 Å². The first-order valence-electron chi connectivity index (χ1n) is 7.34. The van der Waals surface area contributed by atoms with E-state index in [2.05, 4.69) is 20.8 Å². The van der Waals surface area contributed by atoms with E-state index in [-0.39, 0.29) is 29.0 Å². The van der Waals surface area contributed by atoms with Crippen LogP contribution in [0.1, 0.15) is 44.5 Å². The van der Waals surface area contributed by atoms with Gasteiger partial charge in [-0.05, 0) is 40.2 Å². The minimum absolute atomic E-state index is 0.0771. The Balaban J connectivity index is 2.19. The van der Waals surface area contributed by atoms with Gasteiger partial charge >= 0.3 is 0 Å². The molecule has 5 nitrogen and oxygen atoms in total. The molecule has 1 unspecified atom stereocenters. The highest BCUT2D eigenvalue weighted by atomic mass is 32.2. The van der Waals surface area contributed by atoms with Crippen LogP contribution in [-0.4, -0.2) is 47.9 Å². The summed E-state index contributed by atoms with van der Waals surface area (Å²) in [5.74, 6) is 0.194. The lowest BCUT2D eigenvalue weighted by molar-refractivity contribution is 0.0708. The number of aromatic nitrogens is 1. The maximum Gasteiger partial charge on any atom is 0.255 e. The fourth-order valence-corrected chi connectivity index (χ4v) is 4.43. The van der Waals surface area contributed by atoms with Crippen molar-refractivity contribution >= 4 is 15.7 Å². The zero-order chi connectivity index (χ0) is 15.8. The fraction of sp³-hybridized carbons (Fsp3) is 0.667. The summed E-state index contributed by atoms with van der Waals surface area (Å²) < 4.78 is 25.2. The molecule has 0 saturated carbocycles. The van der Waals surface area contributed by atoms with Crippen molar-refractivity contribution in [1.82, 2.24) is 9.47 Å². The molecule has 2 rings (SSSR count). The molecule has 2 heterocycles. The Morgan fingerprint density at radius 1 is 1.43 bits per heavy atom. The second kappa shape index (κ2) is 5.48. The molecule has 1 amide bonds. The third-order valence-electron chi connectivity index (χ3n) is 3.97. The van der Waals surface area contributed by atoms with Crippen molar-refractivity contribution in [1.29, 1.82) is 0 Å². The molecule has 1 fully saturated rings. The van der Waals surface area contributed by atoms with Crippen LogP contribution >= 0.6 is 0 Å². The standard InChI is InChI=1S/C15H24N2O3S/c1-5-17(13-7-9-21(19,20)11-13)14(18)12-6-8-16(10-12)15(2,3)4/h6,8,10,13H,5,7,9,11H2,1-4H3. The lowest BCUT2D eigenvalue weighted by Gasteiger charge is -2.26. The number of hydrogen-bond donors (Lipinski definition) is 0. The predicted molar refractivity (Wildman–Crippen MR) is 83.2 cm³/mol. The largest absolute Gasteiger partial charge is 0.348 e. The lowest BCUT2D eigenvalue weighted by Crippen LogP contribution is -2.40. The van der Waals surface area contributed by atoms with E-state index in [1.165, 1.54) is 0 Å². The highest BCUT2D eigenvalue weighted by Gasteiger charge is 2.34. The Morgan fingerprint density at radius 3 is 2.52 bits per heavy atom. The smallest absolute Gasteiger partial charge is 0.255 e. The highest BCUT2D eigenvalue weighted by molar-refractivity contribution is 7.91. The van der Waals surface area contributed by atoms with E-state index < -0.39 is 9.84 Å². The Hall–Kier alpha value is -1.30. The molecule has 1 saturated heterocycles. The fourth-order valence-electron chi connectivity index (χ4n) is 2.69. The van der Waals surface area contributed by atoms with Gasteiger partial charge in [0.05, 0.1) is 17.1 Å². The van der Waals surface area contributed by atoms with Crippen LogP contribution in [0, 0.1) is 0 Å². The summed E-state index contributed by atoms with van der Waals surface area (Å²) in [7, 11) is -2.98. The van der Waals surface area contributed by atoms with Gasteiger partial charge in [0.15, 0.2) is 9.84 Å². The van der Waals surface area contributed by atoms with Gasteiger partial charge in [-0.25, -0.2) is 8.42 Å². The van der Waals surface area contributed by atoms with Crippen LogP contribution in [-0.2, 0) is 15.4 Å². The second-order valence-electron chi connectivity index (χ2n) is 6.63. The molecule has 118 valence electrons. The summed E-state index contributed by atoms with van der Waals surface area (Å²) in [6.07, 6.45) is 4.28. The number of carbonyl (C=O) groups is 1. The molecule has 1 aliphatic heterocycles. The van der Waals surface area contributed by atoms with Gasteiger partial charge in [-0.2, -0.15) is 0 Å². The van der Waals surface area contributed by atoms with Crippen molar-refractivity contribution < 1.29 is 13.2 Å². The molecule has 1 atom stereocenters. The number of nitrogens with zero attached hydrogens (tertiary/aromatic N) is 2. The van der Waals surface area contributed by atoms with Crippen molar-refractivity contribution in [2.45, 2.75) is 45.7 Å². The molecule has 0 aromatic carbocycles. The van der Waals surface area contributed by atoms with E-state index in [0.717, 1.165) is 0 Å². The van der Waals surface area contributed by atoms with Crippen molar-refractivity contribution in [3.05, 3.63) is 24.0 Å². The molecule has 1 aromatic rings. The van der Waals surface area contributed by atoms with Crippen LogP contribution in [0.3, 0.4) is 0 Å². The summed E-state index contributed by atoms with van der Waals surface area (Å²) in [5.41, 5.74) is 0.544. The number of rotatable bonds is 3. The van der Waals surface area contributed by atoms with Gasteiger partial charge in [0.2, 0.25) is 0 Å². The molecule has 21 heavy (non-hydrogen) atoms. The van der Waals surface area contributed by atoms with Crippen LogP contribution in [0.5, 0.6) is 0 Å². The number of carbonyl (C=O) groups excluding carboxylic acids is 1. The van der Waals surface area contributed by atoms with Gasteiger partial charge in [0.1, 0.15) is 0 Å². The summed E-state index contributed by atoms with van der Waals surface area (Å²) in [6, 6.07) is 1.62. The van der Waals surface area contributed by atoms with Crippen LogP contribution in [0.15, 0.2) is 18.5 Å². The molecule has 1 aliphatic rings. The monoisotopic (exact) mass is 312 g/mol. The lowest BCUT2D eigenvalue weighted by atomic mass is 10.1. The van der Waals surface area contributed by atoms with Gasteiger partial charge < -0.3 is 9.47 Å². The van der Waals surface area contributed by atoms with Crippen molar-refractivity contribution in [3.63, 3.8) is 0 Å². The molecular weight excluding hydrogens is 288 g/mol. The Bertz CT molecular complexity index is 626. The number of sulfone groups is 1. The zero-order valence-electron chi connectivity index (χ0n) is 13.2. The van der Waals surface area contributed by atoms with Crippen molar-refractivity contribution in [2.75, 3.05) is 18.1 Å². The average molecular weight is 312 g/mol. The van der Waals surface area contributed by atoms with E-state index >= 15 is 0 Å². The molecule has 0 aliphatic carbocycles. The van der Waals surface area contributed by atoms with Crippen molar-refractivity contribution in [2.24, 2.45) is 0 Å². The molecule has 0 radical (unpaired) electrons. The third-order valence-corrected chi connectivity index (χ3v) is 5.72. The van der Waals surface area contributed by atoms with Gasteiger partial charge in [0.25, 0.3) is 5.91 Å². The van der Waals surface area contributed by atoms with Gasteiger partial charge in [-0.1, -0.05) is 0 Å². The summed E-state index contributed by atoms with van der Waals surface area (Å²) in [5, 5.41) is 0.